The predicted molar refractivity (Wildman–Crippen MR) is 127 cm³/mol. The first-order valence-electron chi connectivity index (χ1n) is 11.5. The Morgan fingerprint density at radius 3 is 2.33 bits per heavy atom. The Labute approximate surface area is 191 Å². The molecule has 1 N–H and O–H groups in total. The molecule has 1 aromatic heterocycles. The number of halogens is 1. The number of piperazine rings is 1. The second-order valence-corrected chi connectivity index (χ2v) is 9.20. The van der Waals surface area contributed by atoms with E-state index in [4.69, 9.17) is 0 Å². The zero-order valence-electron chi connectivity index (χ0n) is 19.0. The summed E-state index contributed by atoms with van der Waals surface area (Å²) in [6.45, 7) is 7.33. The lowest BCUT2D eigenvalue weighted by Gasteiger charge is -2.37. The maximum absolute atomic E-state index is 15.7. The molecule has 1 saturated heterocycles. The molecule has 2 heterocycles. The molecule has 0 bridgehead atoms. The quantitative estimate of drug-likeness (QED) is 0.635. The Hall–Kier alpha value is -3.19. The second kappa shape index (κ2) is 8.30. The van der Waals surface area contributed by atoms with Crippen LogP contribution in [0.25, 0.3) is 10.9 Å². The van der Waals surface area contributed by atoms with Gasteiger partial charge in [-0.25, -0.2) is 9.18 Å². The van der Waals surface area contributed by atoms with Crippen LogP contribution in [0.4, 0.5) is 10.1 Å². The highest BCUT2D eigenvalue weighted by molar-refractivity contribution is 5.97. The number of carboxylic acids is 1. The van der Waals surface area contributed by atoms with Crippen molar-refractivity contribution in [3.63, 3.8) is 0 Å². The van der Waals surface area contributed by atoms with Crippen molar-refractivity contribution in [3.8, 4) is 0 Å². The van der Waals surface area contributed by atoms with Crippen LogP contribution in [0.3, 0.4) is 0 Å². The lowest BCUT2D eigenvalue weighted by atomic mass is 9.98. The Kier molecular flexibility index (Phi) is 5.44. The SMILES string of the molecule is Cc1c(F)c(N2CCN(Cc3ccccc3)CC2)c(C)c2c1c(=O)c(C(=O)O)cn2C1CC1. The highest BCUT2D eigenvalue weighted by Gasteiger charge is 2.31. The van der Waals surface area contributed by atoms with Crippen LogP contribution in [0.1, 0.15) is 45.9 Å². The molecular weight excluding hydrogens is 421 g/mol. The van der Waals surface area contributed by atoms with Crippen molar-refractivity contribution in [2.75, 3.05) is 31.1 Å². The molecule has 2 aromatic carbocycles. The fourth-order valence-corrected chi connectivity index (χ4v) is 5.07. The first-order valence-corrected chi connectivity index (χ1v) is 11.5. The minimum absolute atomic E-state index is 0.158. The summed E-state index contributed by atoms with van der Waals surface area (Å²) < 4.78 is 17.6. The van der Waals surface area contributed by atoms with Gasteiger partial charge in [0.1, 0.15) is 5.56 Å². The Morgan fingerprint density at radius 1 is 1.06 bits per heavy atom. The average Bonchev–Trinajstić information content (AvgIpc) is 3.64. The summed E-state index contributed by atoms with van der Waals surface area (Å²) in [6, 6.07) is 10.5. The molecule has 2 aliphatic rings. The van der Waals surface area contributed by atoms with Crippen molar-refractivity contribution in [2.24, 2.45) is 0 Å². The number of aromatic carboxylic acids is 1. The second-order valence-electron chi connectivity index (χ2n) is 9.20. The first-order chi connectivity index (χ1) is 15.9. The zero-order valence-corrected chi connectivity index (χ0v) is 19.0. The van der Waals surface area contributed by atoms with Gasteiger partial charge in [-0.15, -0.1) is 0 Å². The van der Waals surface area contributed by atoms with Crippen LogP contribution in [0.5, 0.6) is 0 Å². The van der Waals surface area contributed by atoms with E-state index in [9.17, 15) is 14.7 Å². The number of anilines is 1. The van der Waals surface area contributed by atoms with Crippen LogP contribution < -0.4 is 10.3 Å². The molecule has 0 unspecified atom stereocenters. The Morgan fingerprint density at radius 2 is 1.73 bits per heavy atom. The molecule has 6 nitrogen and oxygen atoms in total. The minimum Gasteiger partial charge on any atom is -0.477 e. The molecular formula is C26H28FN3O3. The molecule has 33 heavy (non-hydrogen) atoms. The lowest BCUT2D eigenvalue weighted by molar-refractivity contribution is 0.0695. The van der Waals surface area contributed by atoms with E-state index in [1.807, 2.05) is 29.7 Å². The first kappa shape index (κ1) is 21.6. The summed E-state index contributed by atoms with van der Waals surface area (Å²) in [4.78, 5) is 29.2. The number of hydrogen-bond donors (Lipinski definition) is 1. The maximum atomic E-state index is 15.7. The van der Waals surface area contributed by atoms with E-state index in [-0.39, 0.29) is 22.6 Å². The van der Waals surface area contributed by atoms with Gasteiger partial charge in [0, 0.05) is 50.5 Å². The molecule has 0 radical (unpaired) electrons. The number of hydrogen-bond acceptors (Lipinski definition) is 4. The summed E-state index contributed by atoms with van der Waals surface area (Å²) in [5.41, 5.74) is 2.53. The minimum atomic E-state index is -1.27. The standard InChI is InChI=1S/C26H28FN3O3/c1-16-21-23(30(19-8-9-19)15-20(25(21)31)26(32)33)17(2)24(22(16)27)29-12-10-28(11-13-29)14-18-6-4-3-5-7-18/h3-7,15,19H,8-14H2,1-2H3,(H,32,33). The van der Waals surface area contributed by atoms with Gasteiger partial charge in [0.05, 0.1) is 16.6 Å². The fourth-order valence-electron chi connectivity index (χ4n) is 5.07. The molecule has 0 amide bonds. The lowest BCUT2D eigenvalue weighted by Crippen LogP contribution is -2.46. The Balaban J connectivity index is 1.53. The molecule has 1 aliphatic carbocycles. The molecule has 1 saturated carbocycles. The average molecular weight is 450 g/mol. The highest BCUT2D eigenvalue weighted by Crippen LogP contribution is 2.41. The van der Waals surface area contributed by atoms with Crippen LogP contribution in [0, 0.1) is 19.7 Å². The molecule has 3 aromatic rings. The summed E-state index contributed by atoms with van der Waals surface area (Å²) in [6.07, 6.45) is 3.32. The van der Waals surface area contributed by atoms with Crippen molar-refractivity contribution in [1.82, 2.24) is 9.47 Å². The summed E-state index contributed by atoms with van der Waals surface area (Å²) >= 11 is 0. The predicted octanol–water partition coefficient (Wildman–Crippen LogP) is 4.11. The summed E-state index contributed by atoms with van der Waals surface area (Å²) in [5.74, 6) is -1.69. The van der Waals surface area contributed by atoms with E-state index >= 15 is 4.39 Å². The number of fused-ring (bicyclic) bond motifs is 1. The monoisotopic (exact) mass is 449 g/mol. The molecule has 7 heteroatoms. The van der Waals surface area contributed by atoms with Crippen LogP contribution in [0.15, 0.2) is 41.3 Å². The van der Waals surface area contributed by atoms with E-state index in [2.05, 4.69) is 21.9 Å². The molecule has 172 valence electrons. The third-order valence-electron chi connectivity index (χ3n) is 6.97. The van der Waals surface area contributed by atoms with Gasteiger partial charge in [0.15, 0.2) is 5.82 Å². The zero-order chi connectivity index (χ0) is 23.3. The van der Waals surface area contributed by atoms with Crippen LogP contribution >= 0.6 is 0 Å². The van der Waals surface area contributed by atoms with Crippen molar-refractivity contribution in [3.05, 3.63) is 74.8 Å². The number of aryl methyl sites for hydroxylation is 2. The molecule has 2 fully saturated rings. The number of aromatic nitrogens is 1. The third-order valence-corrected chi connectivity index (χ3v) is 6.97. The number of pyridine rings is 1. The van der Waals surface area contributed by atoms with Crippen LogP contribution in [-0.4, -0.2) is 46.7 Å². The summed E-state index contributed by atoms with van der Waals surface area (Å²) in [5, 5.41) is 9.75. The normalized spacial score (nSPS) is 17.0. The smallest absolute Gasteiger partial charge is 0.341 e. The van der Waals surface area contributed by atoms with Crippen LogP contribution in [0.2, 0.25) is 0 Å². The number of nitrogens with zero attached hydrogens (tertiary/aromatic N) is 3. The largest absolute Gasteiger partial charge is 0.477 e. The van der Waals surface area contributed by atoms with Crippen molar-refractivity contribution >= 4 is 22.6 Å². The van der Waals surface area contributed by atoms with Gasteiger partial charge in [0.25, 0.3) is 0 Å². The highest BCUT2D eigenvalue weighted by atomic mass is 19.1. The van der Waals surface area contributed by atoms with E-state index in [0.717, 1.165) is 32.5 Å². The van der Waals surface area contributed by atoms with Crippen molar-refractivity contribution < 1.29 is 14.3 Å². The van der Waals surface area contributed by atoms with Gasteiger partial charge in [-0.2, -0.15) is 0 Å². The van der Waals surface area contributed by atoms with E-state index in [0.29, 0.717) is 29.9 Å². The fraction of sp³-hybridized carbons (Fsp3) is 0.385. The van der Waals surface area contributed by atoms with Gasteiger partial charge in [-0.3, -0.25) is 9.69 Å². The van der Waals surface area contributed by atoms with Gasteiger partial charge in [-0.05, 0) is 37.8 Å². The number of carboxylic acid groups (broad SMARTS) is 1. The molecule has 0 spiro atoms. The van der Waals surface area contributed by atoms with Crippen molar-refractivity contribution in [2.45, 2.75) is 39.3 Å². The van der Waals surface area contributed by atoms with Gasteiger partial charge < -0.3 is 14.6 Å². The van der Waals surface area contributed by atoms with Gasteiger partial charge in [0.2, 0.25) is 5.43 Å². The molecule has 1 aliphatic heterocycles. The molecule has 0 atom stereocenters. The molecule has 5 rings (SSSR count). The van der Waals surface area contributed by atoms with Crippen molar-refractivity contribution in [1.29, 1.82) is 0 Å². The number of benzene rings is 2. The van der Waals surface area contributed by atoms with E-state index < -0.39 is 17.2 Å². The van der Waals surface area contributed by atoms with E-state index in [1.54, 1.807) is 6.92 Å². The maximum Gasteiger partial charge on any atom is 0.341 e. The van der Waals surface area contributed by atoms with Gasteiger partial charge in [-0.1, -0.05) is 30.3 Å². The topological polar surface area (TPSA) is 65.8 Å². The Bertz CT molecular complexity index is 1290. The van der Waals surface area contributed by atoms with E-state index in [1.165, 1.54) is 11.8 Å². The van der Waals surface area contributed by atoms with Gasteiger partial charge >= 0.3 is 5.97 Å². The number of carbonyl (C=O) groups is 1. The summed E-state index contributed by atoms with van der Waals surface area (Å²) in [7, 11) is 0. The third kappa shape index (κ3) is 3.80. The van der Waals surface area contributed by atoms with Crippen LogP contribution in [-0.2, 0) is 6.54 Å². The number of rotatable bonds is 5.